The van der Waals surface area contributed by atoms with Crippen molar-refractivity contribution in [3.8, 4) is 0 Å². The van der Waals surface area contributed by atoms with Crippen molar-refractivity contribution in [2.75, 3.05) is 17.3 Å². The van der Waals surface area contributed by atoms with Crippen LogP contribution in [0.4, 0.5) is 11.6 Å². The minimum Gasteiger partial charge on any atom is -0.383 e. The molecule has 0 spiro atoms. The Morgan fingerprint density at radius 2 is 2.31 bits per heavy atom. The number of thioether (sulfide) groups is 1. The zero-order chi connectivity index (χ0) is 11.5. The van der Waals surface area contributed by atoms with Crippen molar-refractivity contribution in [1.82, 2.24) is 9.97 Å². The summed E-state index contributed by atoms with van der Waals surface area (Å²) >= 11 is 1.51. The summed E-state index contributed by atoms with van der Waals surface area (Å²) in [7, 11) is 0. The maximum absolute atomic E-state index is 5.72. The second kappa shape index (κ2) is 4.91. The van der Waals surface area contributed by atoms with Crippen molar-refractivity contribution in [2.45, 2.75) is 37.4 Å². The monoisotopic (exact) mass is 238 g/mol. The van der Waals surface area contributed by atoms with Crippen molar-refractivity contribution < 1.29 is 0 Å². The molecule has 1 fully saturated rings. The highest BCUT2D eigenvalue weighted by Gasteiger charge is 2.23. The van der Waals surface area contributed by atoms with Crippen molar-refractivity contribution in [1.29, 1.82) is 0 Å². The fourth-order valence-corrected chi connectivity index (χ4v) is 2.16. The molecule has 0 aliphatic heterocycles. The fourth-order valence-electron chi connectivity index (χ4n) is 1.77. The number of nitrogens with two attached hydrogens (primary N) is 1. The first-order valence-corrected chi connectivity index (χ1v) is 6.85. The number of anilines is 2. The van der Waals surface area contributed by atoms with E-state index in [0.29, 0.717) is 11.9 Å². The molecule has 1 aromatic rings. The Kier molecular flexibility index (Phi) is 3.53. The van der Waals surface area contributed by atoms with Gasteiger partial charge in [-0.15, -0.1) is 0 Å². The van der Waals surface area contributed by atoms with E-state index in [1.54, 1.807) is 6.07 Å². The molecule has 0 aromatic carbocycles. The molecule has 1 aromatic heterocycles. The van der Waals surface area contributed by atoms with Gasteiger partial charge in [-0.05, 0) is 25.5 Å². The van der Waals surface area contributed by atoms with Crippen LogP contribution in [0, 0.1) is 5.92 Å². The van der Waals surface area contributed by atoms with E-state index in [1.165, 1.54) is 31.0 Å². The Balaban J connectivity index is 1.98. The normalized spacial score (nSPS) is 17.1. The minimum atomic E-state index is 0.455. The van der Waals surface area contributed by atoms with Gasteiger partial charge in [0.2, 0.25) is 0 Å². The molecule has 1 aliphatic carbocycles. The molecule has 1 atom stereocenters. The van der Waals surface area contributed by atoms with E-state index < -0.39 is 0 Å². The SMILES string of the molecule is CSc1nc(N)cc(NC(C)CC2CC2)n1. The second-order valence-corrected chi connectivity index (χ2v) is 5.16. The van der Waals surface area contributed by atoms with Gasteiger partial charge in [-0.2, -0.15) is 0 Å². The Labute approximate surface area is 100 Å². The lowest BCUT2D eigenvalue weighted by Crippen LogP contribution is -2.17. The number of hydrogen-bond donors (Lipinski definition) is 2. The zero-order valence-electron chi connectivity index (χ0n) is 9.73. The van der Waals surface area contributed by atoms with Crippen LogP contribution in [-0.4, -0.2) is 22.3 Å². The average molecular weight is 238 g/mol. The molecular formula is C11H18N4S. The third kappa shape index (κ3) is 3.27. The molecule has 1 aliphatic rings. The first kappa shape index (κ1) is 11.5. The predicted octanol–water partition coefficient (Wildman–Crippen LogP) is 2.38. The van der Waals surface area contributed by atoms with Crippen LogP contribution in [0.15, 0.2) is 11.2 Å². The fraction of sp³-hybridized carbons (Fsp3) is 0.636. The number of rotatable bonds is 5. The molecule has 1 heterocycles. The Morgan fingerprint density at radius 3 is 2.94 bits per heavy atom. The second-order valence-electron chi connectivity index (χ2n) is 4.39. The maximum atomic E-state index is 5.72. The summed E-state index contributed by atoms with van der Waals surface area (Å²) < 4.78 is 0. The summed E-state index contributed by atoms with van der Waals surface area (Å²) in [6.45, 7) is 2.19. The van der Waals surface area contributed by atoms with Crippen LogP contribution in [0.1, 0.15) is 26.2 Å². The van der Waals surface area contributed by atoms with Gasteiger partial charge in [0.15, 0.2) is 5.16 Å². The number of nitrogens with one attached hydrogen (secondary N) is 1. The van der Waals surface area contributed by atoms with Crippen LogP contribution in [0.2, 0.25) is 0 Å². The number of nitrogen functional groups attached to an aromatic ring is 1. The van der Waals surface area contributed by atoms with Crippen LogP contribution in [0.3, 0.4) is 0 Å². The van der Waals surface area contributed by atoms with E-state index in [-0.39, 0.29) is 0 Å². The van der Waals surface area contributed by atoms with Crippen LogP contribution in [-0.2, 0) is 0 Å². The smallest absolute Gasteiger partial charge is 0.191 e. The van der Waals surface area contributed by atoms with Gasteiger partial charge in [0.05, 0.1) is 0 Å². The summed E-state index contributed by atoms with van der Waals surface area (Å²) in [5, 5.41) is 4.11. The highest BCUT2D eigenvalue weighted by Crippen LogP contribution is 2.34. The predicted molar refractivity (Wildman–Crippen MR) is 68.7 cm³/mol. The lowest BCUT2D eigenvalue weighted by molar-refractivity contribution is 0.639. The van der Waals surface area contributed by atoms with Gasteiger partial charge in [-0.3, -0.25) is 0 Å². The minimum absolute atomic E-state index is 0.455. The van der Waals surface area contributed by atoms with Gasteiger partial charge >= 0.3 is 0 Å². The Hall–Kier alpha value is -0.970. The van der Waals surface area contributed by atoms with E-state index >= 15 is 0 Å². The van der Waals surface area contributed by atoms with Crippen molar-refractivity contribution in [3.63, 3.8) is 0 Å². The quantitative estimate of drug-likeness (QED) is 0.609. The molecule has 0 amide bonds. The standard InChI is InChI=1S/C11H18N4S/c1-7(5-8-3-4-8)13-10-6-9(12)14-11(15-10)16-2/h6-8H,3-5H2,1-2H3,(H3,12,13,14,15). The highest BCUT2D eigenvalue weighted by molar-refractivity contribution is 7.98. The molecule has 2 rings (SSSR count). The molecule has 0 saturated heterocycles. The topological polar surface area (TPSA) is 63.8 Å². The average Bonchev–Trinajstić information content (AvgIpc) is 3.00. The van der Waals surface area contributed by atoms with Gasteiger partial charge < -0.3 is 11.1 Å². The Morgan fingerprint density at radius 1 is 1.56 bits per heavy atom. The summed E-state index contributed by atoms with van der Waals surface area (Å²) in [6.07, 6.45) is 5.94. The molecule has 0 bridgehead atoms. The van der Waals surface area contributed by atoms with Crippen molar-refractivity contribution in [2.24, 2.45) is 5.92 Å². The largest absolute Gasteiger partial charge is 0.383 e. The van der Waals surface area contributed by atoms with Gasteiger partial charge in [0, 0.05) is 12.1 Å². The zero-order valence-corrected chi connectivity index (χ0v) is 10.5. The summed E-state index contributed by atoms with van der Waals surface area (Å²) in [5.41, 5.74) is 5.72. The molecule has 3 N–H and O–H groups in total. The first-order valence-electron chi connectivity index (χ1n) is 5.62. The molecule has 0 radical (unpaired) electrons. The lowest BCUT2D eigenvalue weighted by Gasteiger charge is -2.14. The number of aromatic nitrogens is 2. The van der Waals surface area contributed by atoms with Gasteiger partial charge in [0.1, 0.15) is 11.6 Å². The molecule has 5 heteroatoms. The van der Waals surface area contributed by atoms with Crippen LogP contribution >= 0.6 is 11.8 Å². The van der Waals surface area contributed by atoms with Crippen LogP contribution < -0.4 is 11.1 Å². The Bertz CT molecular complexity index is 365. The first-order chi connectivity index (χ1) is 7.67. The molecule has 88 valence electrons. The van der Waals surface area contributed by atoms with Gasteiger partial charge in [0.25, 0.3) is 0 Å². The summed E-state index contributed by atoms with van der Waals surface area (Å²) in [5.74, 6) is 2.28. The number of nitrogens with zero attached hydrogens (tertiary/aromatic N) is 2. The molecular weight excluding hydrogens is 220 g/mol. The van der Waals surface area contributed by atoms with Crippen LogP contribution in [0.5, 0.6) is 0 Å². The maximum Gasteiger partial charge on any atom is 0.191 e. The molecule has 1 unspecified atom stereocenters. The van der Waals surface area contributed by atoms with E-state index in [0.717, 1.165) is 16.9 Å². The van der Waals surface area contributed by atoms with Crippen molar-refractivity contribution >= 4 is 23.4 Å². The van der Waals surface area contributed by atoms with E-state index in [4.69, 9.17) is 5.73 Å². The van der Waals surface area contributed by atoms with Crippen molar-refractivity contribution in [3.05, 3.63) is 6.07 Å². The van der Waals surface area contributed by atoms with E-state index in [1.807, 2.05) is 6.26 Å². The van der Waals surface area contributed by atoms with Gasteiger partial charge in [-0.1, -0.05) is 24.6 Å². The molecule has 4 nitrogen and oxygen atoms in total. The van der Waals surface area contributed by atoms with Gasteiger partial charge in [-0.25, -0.2) is 9.97 Å². The third-order valence-corrected chi connectivity index (χ3v) is 3.23. The van der Waals surface area contributed by atoms with Crippen LogP contribution in [0.25, 0.3) is 0 Å². The molecule has 1 saturated carbocycles. The lowest BCUT2D eigenvalue weighted by atomic mass is 10.1. The molecule has 16 heavy (non-hydrogen) atoms. The highest BCUT2D eigenvalue weighted by atomic mass is 32.2. The summed E-state index contributed by atoms with van der Waals surface area (Å²) in [4.78, 5) is 8.50. The number of hydrogen-bond acceptors (Lipinski definition) is 5. The van der Waals surface area contributed by atoms with E-state index in [2.05, 4.69) is 22.2 Å². The van der Waals surface area contributed by atoms with E-state index in [9.17, 15) is 0 Å². The summed E-state index contributed by atoms with van der Waals surface area (Å²) in [6, 6.07) is 2.25. The third-order valence-electron chi connectivity index (χ3n) is 2.69.